The number of carbonyl (C=O) groups excluding carboxylic acids is 1. The molecule has 1 aromatic heterocycles. The van der Waals surface area contributed by atoms with Crippen LogP contribution in [0.15, 0.2) is 12.3 Å². The zero-order chi connectivity index (χ0) is 13.8. The second kappa shape index (κ2) is 5.90. The van der Waals surface area contributed by atoms with E-state index in [0.29, 0.717) is 17.9 Å². The molecule has 0 aromatic carbocycles. The van der Waals surface area contributed by atoms with Gasteiger partial charge in [0.2, 0.25) is 0 Å². The molecule has 0 fully saturated rings. The summed E-state index contributed by atoms with van der Waals surface area (Å²) >= 11 is 0. The summed E-state index contributed by atoms with van der Waals surface area (Å²) in [5.41, 5.74) is 6.58. The maximum Gasteiger partial charge on any atom is 0.268 e. The van der Waals surface area contributed by atoms with Gasteiger partial charge in [-0.1, -0.05) is 6.92 Å². The van der Waals surface area contributed by atoms with Gasteiger partial charge in [0, 0.05) is 25.0 Å². The first-order valence-corrected chi connectivity index (χ1v) is 7.66. The van der Waals surface area contributed by atoms with Gasteiger partial charge in [-0.25, -0.2) is 8.42 Å². The predicted octanol–water partition coefficient (Wildman–Crippen LogP) is 0.255. The normalized spacial score (nSPS) is 11.4. The topological polar surface area (TPSA) is 94.2 Å². The van der Waals surface area contributed by atoms with E-state index in [2.05, 4.69) is 5.32 Å². The summed E-state index contributed by atoms with van der Waals surface area (Å²) in [4.78, 5) is 11.8. The van der Waals surface area contributed by atoms with E-state index in [4.69, 9.17) is 5.73 Å². The van der Waals surface area contributed by atoms with Crippen molar-refractivity contribution >= 4 is 21.4 Å². The van der Waals surface area contributed by atoms with E-state index in [1.54, 1.807) is 23.8 Å². The number of nitrogens with zero attached hydrogens (tertiary/aromatic N) is 1. The number of nitrogens with two attached hydrogens (primary N) is 1. The Bertz CT molecular complexity index is 520. The highest BCUT2D eigenvalue weighted by Crippen LogP contribution is 2.10. The van der Waals surface area contributed by atoms with Gasteiger partial charge >= 0.3 is 0 Å². The second-order valence-corrected chi connectivity index (χ2v) is 6.41. The van der Waals surface area contributed by atoms with E-state index in [-0.39, 0.29) is 24.0 Å². The van der Waals surface area contributed by atoms with E-state index >= 15 is 0 Å². The van der Waals surface area contributed by atoms with Gasteiger partial charge in [0.15, 0.2) is 9.84 Å². The summed E-state index contributed by atoms with van der Waals surface area (Å²) in [6.07, 6.45) is 1.68. The minimum absolute atomic E-state index is 0.0441. The Hall–Kier alpha value is -1.50. The lowest BCUT2D eigenvalue weighted by molar-refractivity contribution is 0.0947. The van der Waals surface area contributed by atoms with Crippen molar-refractivity contribution in [1.82, 2.24) is 9.88 Å². The summed E-state index contributed by atoms with van der Waals surface area (Å²) in [6, 6.07) is 1.58. The molecule has 0 atom stereocenters. The molecule has 1 aromatic rings. The number of amides is 1. The molecule has 0 saturated heterocycles. The van der Waals surface area contributed by atoms with Gasteiger partial charge < -0.3 is 15.6 Å². The van der Waals surface area contributed by atoms with Gasteiger partial charge in [-0.2, -0.15) is 0 Å². The Kier molecular flexibility index (Phi) is 4.77. The lowest BCUT2D eigenvalue weighted by Gasteiger charge is -2.07. The van der Waals surface area contributed by atoms with E-state index in [1.165, 1.54) is 0 Å². The van der Waals surface area contributed by atoms with Gasteiger partial charge in [0.05, 0.1) is 11.4 Å². The van der Waals surface area contributed by atoms with Gasteiger partial charge in [-0.3, -0.25) is 4.79 Å². The molecule has 0 spiro atoms. The Morgan fingerprint density at radius 3 is 2.67 bits per heavy atom. The molecule has 0 aliphatic heterocycles. The molecule has 3 N–H and O–H groups in total. The van der Waals surface area contributed by atoms with E-state index in [0.717, 1.165) is 0 Å². The van der Waals surface area contributed by atoms with Crippen LogP contribution in [0.5, 0.6) is 0 Å². The Morgan fingerprint density at radius 2 is 2.11 bits per heavy atom. The van der Waals surface area contributed by atoms with Crippen LogP contribution < -0.4 is 11.1 Å². The van der Waals surface area contributed by atoms with Crippen molar-refractivity contribution in [2.75, 3.05) is 23.8 Å². The van der Waals surface area contributed by atoms with Crippen LogP contribution in [0.25, 0.3) is 0 Å². The largest absolute Gasteiger partial charge is 0.397 e. The summed E-state index contributed by atoms with van der Waals surface area (Å²) in [5.74, 6) is -0.265. The molecule has 0 unspecified atom stereocenters. The number of nitrogens with one attached hydrogen (secondary N) is 1. The molecule has 0 saturated carbocycles. The molecule has 6 nitrogen and oxygen atoms in total. The third-order valence-electron chi connectivity index (χ3n) is 2.63. The molecule has 0 aliphatic rings. The Balaban J connectivity index is 2.61. The van der Waals surface area contributed by atoms with Crippen molar-refractivity contribution in [1.29, 1.82) is 0 Å². The molecule has 1 amide bonds. The van der Waals surface area contributed by atoms with Crippen LogP contribution in [0.4, 0.5) is 5.69 Å². The van der Waals surface area contributed by atoms with Crippen molar-refractivity contribution in [3.05, 3.63) is 18.0 Å². The van der Waals surface area contributed by atoms with Crippen molar-refractivity contribution < 1.29 is 13.2 Å². The smallest absolute Gasteiger partial charge is 0.268 e. The lowest BCUT2D eigenvalue weighted by atomic mass is 10.4. The number of aryl methyl sites for hydroxylation is 1. The van der Waals surface area contributed by atoms with E-state index in [1.807, 2.05) is 6.92 Å². The van der Waals surface area contributed by atoms with Crippen molar-refractivity contribution in [3.63, 3.8) is 0 Å². The number of nitrogen functional groups attached to an aromatic ring is 1. The minimum atomic E-state index is -3.05. The molecule has 102 valence electrons. The molecule has 0 bridgehead atoms. The van der Waals surface area contributed by atoms with Crippen molar-refractivity contribution in [3.8, 4) is 0 Å². The van der Waals surface area contributed by atoms with E-state index < -0.39 is 9.84 Å². The summed E-state index contributed by atoms with van der Waals surface area (Å²) < 4.78 is 24.3. The number of aromatic nitrogens is 1. The second-order valence-electron chi connectivity index (χ2n) is 3.94. The zero-order valence-corrected chi connectivity index (χ0v) is 11.5. The highest BCUT2D eigenvalue weighted by atomic mass is 32.2. The molecule has 18 heavy (non-hydrogen) atoms. The molecule has 7 heteroatoms. The van der Waals surface area contributed by atoms with Crippen LogP contribution in [-0.4, -0.2) is 36.9 Å². The molecule has 0 aliphatic carbocycles. The number of hydrogen-bond acceptors (Lipinski definition) is 4. The van der Waals surface area contributed by atoms with Crippen LogP contribution in [0, 0.1) is 0 Å². The number of carbonyl (C=O) groups is 1. The SMILES string of the molecule is CCn1cc(N)cc1C(=O)NCCS(=O)(=O)CC. The zero-order valence-electron chi connectivity index (χ0n) is 10.6. The average molecular weight is 273 g/mol. The van der Waals surface area contributed by atoms with E-state index in [9.17, 15) is 13.2 Å². The maximum absolute atomic E-state index is 11.8. The van der Waals surface area contributed by atoms with Crippen LogP contribution >= 0.6 is 0 Å². The number of sulfone groups is 1. The first kappa shape index (κ1) is 14.6. The monoisotopic (exact) mass is 273 g/mol. The van der Waals surface area contributed by atoms with Crippen molar-refractivity contribution in [2.24, 2.45) is 0 Å². The number of anilines is 1. The molecule has 1 rings (SSSR count). The fraction of sp³-hybridized carbons (Fsp3) is 0.545. The fourth-order valence-corrected chi connectivity index (χ4v) is 2.24. The molecular formula is C11H19N3O3S. The standard InChI is InChI=1S/C11H19N3O3S/c1-3-14-8-9(12)7-10(14)11(15)13-5-6-18(16,17)4-2/h7-8H,3-6,12H2,1-2H3,(H,13,15). The average Bonchev–Trinajstić information content (AvgIpc) is 2.70. The Morgan fingerprint density at radius 1 is 1.44 bits per heavy atom. The number of rotatable bonds is 6. The first-order chi connectivity index (χ1) is 8.39. The van der Waals surface area contributed by atoms with Crippen LogP contribution in [0.3, 0.4) is 0 Å². The van der Waals surface area contributed by atoms with Crippen LogP contribution in [0.2, 0.25) is 0 Å². The molecular weight excluding hydrogens is 254 g/mol. The van der Waals surface area contributed by atoms with Crippen LogP contribution in [-0.2, 0) is 16.4 Å². The molecule has 1 heterocycles. The highest BCUT2D eigenvalue weighted by molar-refractivity contribution is 7.91. The third-order valence-corrected chi connectivity index (χ3v) is 4.34. The minimum Gasteiger partial charge on any atom is -0.397 e. The van der Waals surface area contributed by atoms with Gasteiger partial charge in [0.1, 0.15) is 5.69 Å². The van der Waals surface area contributed by atoms with Crippen molar-refractivity contribution in [2.45, 2.75) is 20.4 Å². The fourth-order valence-electron chi connectivity index (χ4n) is 1.54. The quantitative estimate of drug-likeness (QED) is 0.777. The predicted molar refractivity (Wildman–Crippen MR) is 71.2 cm³/mol. The summed E-state index contributed by atoms with van der Waals surface area (Å²) in [6.45, 7) is 4.23. The lowest BCUT2D eigenvalue weighted by Crippen LogP contribution is -2.30. The maximum atomic E-state index is 11.8. The number of hydrogen-bond donors (Lipinski definition) is 2. The summed E-state index contributed by atoms with van der Waals surface area (Å²) in [7, 11) is -3.05. The van der Waals surface area contributed by atoms with Gasteiger partial charge in [-0.05, 0) is 13.0 Å². The first-order valence-electron chi connectivity index (χ1n) is 5.84. The van der Waals surface area contributed by atoms with Gasteiger partial charge in [-0.15, -0.1) is 0 Å². The third kappa shape index (κ3) is 3.76. The van der Waals surface area contributed by atoms with Crippen LogP contribution in [0.1, 0.15) is 24.3 Å². The summed E-state index contributed by atoms with van der Waals surface area (Å²) in [5, 5.41) is 2.58. The van der Waals surface area contributed by atoms with Gasteiger partial charge in [0.25, 0.3) is 5.91 Å². The molecule has 0 radical (unpaired) electrons. The highest BCUT2D eigenvalue weighted by Gasteiger charge is 2.13. The Labute approximate surface area is 107 Å².